The summed E-state index contributed by atoms with van der Waals surface area (Å²) in [6.45, 7) is 0. The number of aromatic hydroxyl groups is 1. The van der Waals surface area contributed by atoms with Crippen LogP contribution in [0.4, 0.5) is 0 Å². The zero-order valence-electron chi connectivity index (χ0n) is 13.0. The highest BCUT2D eigenvalue weighted by molar-refractivity contribution is 14.1. The molecule has 0 unspecified atom stereocenters. The van der Waals surface area contributed by atoms with E-state index in [-0.39, 0.29) is 16.4 Å². The van der Waals surface area contributed by atoms with Crippen LogP contribution in [0.3, 0.4) is 0 Å². The third kappa shape index (κ3) is 3.90. The summed E-state index contributed by atoms with van der Waals surface area (Å²) in [6.07, 6.45) is 1.52. The summed E-state index contributed by atoms with van der Waals surface area (Å²) >= 11 is 2.99. The molecule has 1 heterocycles. The summed E-state index contributed by atoms with van der Waals surface area (Å²) in [7, 11) is 1.44. The molecule has 0 aliphatic carbocycles. The van der Waals surface area contributed by atoms with Gasteiger partial charge in [0, 0.05) is 0 Å². The highest BCUT2D eigenvalue weighted by Gasteiger charge is 2.14. The van der Waals surface area contributed by atoms with Crippen molar-refractivity contribution in [1.29, 1.82) is 0 Å². The predicted octanol–water partition coefficient (Wildman–Crippen LogP) is 4.10. The smallest absolute Gasteiger partial charge is 0.342 e. The second kappa shape index (κ2) is 7.36. The van der Waals surface area contributed by atoms with E-state index in [0.29, 0.717) is 14.3 Å². The molecule has 8 heteroatoms. The van der Waals surface area contributed by atoms with Crippen LogP contribution in [0, 0.1) is 3.57 Å². The van der Waals surface area contributed by atoms with Gasteiger partial charge in [0.1, 0.15) is 4.91 Å². The Morgan fingerprint density at radius 2 is 2.12 bits per heavy atom. The molecule has 6 nitrogen and oxygen atoms in total. The number of benzene rings is 2. The molecule has 0 aliphatic rings. The molecule has 2 aromatic carbocycles. The Hall–Kier alpha value is -2.20. The van der Waals surface area contributed by atoms with Crippen molar-refractivity contribution >= 4 is 57.4 Å². The molecule has 0 amide bonds. The molecule has 128 valence electrons. The molecule has 3 N–H and O–H groups in total. The number of ether oxygens (including phenoxy) is 1. The minimum absolute atomic E-state index is 0.0297. The number of aromatic amines is 1. The number of carboxylic acid groups (broad SMARTS) is 1. The maximum absolute atomic E-state index is 11.6. The van der Waals surface area contributed by atoms with Crippen LogP contribution in [0.5, 0.6) is 11.5 Å². The molecule has 0 atom stereocenters. The van der Waals surface area contributed by atoms with Gasteiger partial charge in [-0.05, 0) is 70.3 Å². The second-order valence-electron chi connectivity index (χ2n) is 5.03. The van der Waals surface area contributed by atoms with Gasteiger partial charge in [0.05, 0.1) is 21.7 Å². The zero-order valence-corrected chi connectivity index (χ0v) is 16.0. The molecule has 3 rings (SSSR count). The number of carboxylic acids is 1. The lowest BCUT2D eigenvalue weighted by atomic mass is 10.2. The molecule has 0 radical (unpaired) electrons. The van der Waals surface area contributed by atoms with E-state index in [2.05, 4.69) is 9.97 Å². The number of H-pyrrole nitrogens is 1. The Kier molecular flexibility index (Phi) is 5.19. The van der Waals surface area contributed by atoms with Crippen molar-refractivity contribution in [2.45, 2.75) is 5.16 Å². The van der Waals surface area contributed by atoms with Gasteiger partial charge in [-0.2, -0.15) is 0 Å². The maximum atomic E-state index is 11.6. The number of imidazole rings is 1. The number of rotatable bonds is 5. The number of nitrogens with one attached hydrogen (secondary N) is 1. The standard InChI is InChI=1S/C17H13IN2O4S/c1-24-13-7-9(6-10(18)15(13)21)8-14(16(22)23)25-17-19-11-4-2-3-5-12(11)20-17/h2-8,21H,1H3,(H,19,20)(H,22,23)/b14-8-. The molecular weight excluding hydrogens is 455 g/mol. The van der Waals surface area contributed by atoms with Crippen molar-refractivity contribution in [2.24, 2.45) is 0 Å². The molecule has 0 saturated heterocycles. The number of aromatic nitrogens is 2. The van der Waals surface area contributed by atoms with Gasteiger partial charge in [0.25, 0.3) is 0 Å². The van der Waals surface area contributed by atoms with Gasteiger partial charge < -0.3 is 19.9 Å². The number of phenols is 1. The van der Waals surface area contributed by atoms with Crippen molar-refractivity contribution < 1.29 is 19.7 Å². The first-order valence-corrected chi connectivity index (χ1v) is 9.01. The zero-order chi connectivity index (χ0) is 18.0. The molecule has 0 fully saturated rings. The first-order chi connectivity index (χ1) is 12.0. The molecule has 0 saturated carbocycles. The highest BCUT2D eigenvalue weighted by atomic mass is 127. The normalized spacial score (nSPS) is 11.7. The van der Waals surface area contributed by atoms with Crippen molar-refractivity contribution in [3.63, 3.8) is 0 Å². The van der Waals surface area contributed by atoms with Crippen molar-refractivity contribution in [2.75, 3.05) is 7.11 Å². The van der Waals surface area contributed by atoms with Crippen LogP contribution in [-0.2, 0) is 4.79 Å². The maximum Gasteiger partial charge on any atom is 0.342 e. The van der Waals surface area contributed by atoms with E-state index >= 15 is 0 Å². The number of hydrogen-bond acceptors (Lipinski definition) is 5. The van der Waals surface area contributed by atoms with Crippen LogP contribution < -0.4 is 4.74 Å². The number of halogens is 1. The summed E-state index contributed by atoms with van der Waals surface area (Å²) in [6, 6.07) is 10.8. The van der Waals surface area contributed by atoms with Gasteiger partial charge >= 0.3 is 5.97 Å². The van der Waals surface area contributed by atoms with Gasteiger partial charge in [-0.15, -0.1) is 0 Å². The summed E-state index contributed by atoms with van der Waals surface area (Å²) < 4.78 is 5.68. The molecule has 1 aromatic heterocycles. The number of hydrogen-bond donors (Lipinski definition) is 3. The third-order valence-electron chi connectivity index (χ3n) is 3.35. The van der Waals surface area contributed by atoms with Crippen molar-refractivity contribution in [3.8, 4) is 11.5 Å². The van der Waals surface area contributed by atoms with E-state index < -0.39 is 5.97 Å². The number of nitrogens with zero attached hydrogens (tertiary/aromatic N) is 1. The molecule has 25 heavy (non-hydrogen) atoms. The van der Waals surface area contributed by atoms with Gasteiger partial charge in [0.2, 0.25) is 0 Å². The van der Waals surface area contributed by atoms with Gasteiger partial charge in [0.15, 0.2) is 16.7 Å². The highest BCUT2D eigenvalue weighted by Crippen LogP contribution is 2.34. The predicted molar refractivity (Wildman–Crippen MR) is 105 cm³/mol. The lowest BCUT2D eigenvalue weighted by Crippen LogP contribution is -1.97. The number of para-hydroxylation sites is 2. The third-order valence-corrected chi connectivity index (χ3v) is 5.07. The summed E-state index contributed by atoms with van der Waals surface area (Å²) in [5.74, 6) is -0.744. The monoisotopic (exact) mass is 468 g/mol. The van der Waals surface area contributed by atoms with Crippen LogP contribution in [0.25, 0.3) is 17.1 Å². The molecular formula is C17H13IN2O4S. The van der Waals surface area contributed by atoms with E-state index in [1.165, 1.54) is 13.2 Å². The fraction of sp³-hybridized carbons (Fsp3) is 0.0588. The van der Waals surface area contributed by atoms with Gasteiger partial charge in [-0.3, -0.25) is 0 Å². The molecule has 0 aliphatic heterocycles. The Morgan fingerprint density at radius 1 is 1.36 bits per heavy atom. The van der Waals surface area contributed by atoms with Crippen LogP contribution in [0.1, 0.15) is 5.56 Å². The molecule has 3 aromatic rings. The summed E-state index contributed by atoms with van der Waals surface area (Å²) in [5, 5.41) is 19.9. The number of carbonyl (C=O) groups is 1. The first-order valence-electron chi connectivity index (χ1n) is 7.12. The average molecular weight is 468 g/mol. The number of phenolic OH excluding ortho intramolecular Hbond substituents is 1. The fourth-order valence-corrected chi connectivity index (χ4v) is 3.62. The number of fused-ring (bicyclic) bond motifs is 1. The Morgan fingerprint density at radius 3 is 2.80 bits per heavy atom. The Balaban J connectivity index is 1.97. The fourth-order valence-electron chi connectivity index (χ4n) is 2.20. The lowest BCUT2D eigenvalue weighted by Gasteiger charge is -2.07. The Bertz CT molecular complexity index is 951. The number of aliphatic carboxylic acids is 1. The quantitative estimate of drug-likeness (QED) is 0.297. The number of methoxy groups -OCH3 is 1. The first kappa shape index (κ1) is 17.6. The van der Waals surface area contributed by atoms with Crippen molar-refractivity contribution in [3.05, 3.63) is 50.4 Å². The minimum Gasteiger partial charge on any atom is -0.504 e. The molecule has 0 bridgehead atoms. The van der Waals surface area contributed by atoms with Gasteiger partial charge in [-0.25, -0.2) is 9.78 Å². The lowest BCUT2D eigenvalue weighted by molar-refractivity contribution is -0.131. The largest absolute Gasteiger partial charge is 0.504 e. The van der Waals surface area contributed by atoms with Crippen LogP contribution in [0.2, 0.25) is 0 Å². The van der Waals surface area contributed by atoms with E-state index in [4.69, 9.17) is 4.74 Å². The Labute approximate surface area is 161 Å². The molecule has 0 spiro atoms. The second-order valence-corrected chi connectivity index (χ2v) is 7.22. The van der Waals surface area contributed by atoms with Crippen molar-refractivity contribution in [1.82, 2.24) is 9.97 Å². The van der Waals surface area contributed by atoms with E-state index in [0.717, 1.165) is 22.8 Å². The summed E-state index contributed by atoms with van der Waals surface area (Å²) in [4.78, 5) is 19.2. The van der Waals surface area contributed by atoms with Crippen LogP contribution in [0.15, 0.2) is 46.5 Å². The van der Waals surface area contributed by atoms with Crippen LogP contribution >= 0.6 is 34.4 Å². The topological polar surface area (TPSA) is 95.4 Å². The summed E-state index contributed by atoms with van der Waals surface area (Å²) in [5.41, 5.74) is 2.23. The minimum atomic E-state index is -1.06. The van der Waals surface area contributed by atoms with Gasteiger partial charge in [-0.1, -0.05) is 12.1 Å². The van der Waals surface area contributed by atoms with Crippen LogP contribution in [-0.4, -0.2) is 33.3 Å². The SMILES string of the molecule is COc1cc(/C=C(\Sc2nc3ccccc3[nH]2)C(=O)O)cc(I)c1O. The van der Waals surface area contributed by atoms with E-state index in [1.54, 1.807) is 12.1 Å². The average Bonchev–Trinajstić information content (AvgIpc) is 2.99. The van der Waals surface area contributed by atoms with E-state index in [1.807, 2.05) is 46.9 Å². The van der Waals surface area contributed by atoms with E-state index in [9.17, 15) is 15.0 Å². The number of thioether (sulfide) groups is 1.